The first-order valence-corrected chi connectivity index (χ1v) is 8.10. The normalized spacial score (nSPS) is 10.3. The summed E-state index contributed by atoms with van der Waals surface area (Å²) in [6.07, 6.45) is 2.84. The SMILES string of the molecule is CCCNc1nc(C)cc(C(=O)NCCCc2ccccc2)n1. The Bertz CT molecular complexity index is 628. The first-order chi connectivity index (χ1) is 11.2. The average Bonchev–Trinajstić information content (AvgIpc) is 2.57. The lowest BCUT2D eigenvalue weighted by atomic mass is 10.1. The number of nitrogens with zero attached hydrogens (tertiary/aromatic N) is 2. The molecule has 122 valence electrons. The Balaban J connectivity index is 1.84. The quantitative estimate of drug-likeness (QED) is 0.735. The molecular weight excluding hydrogens is 288 g/mol. The second kappa shape index (κ2) is 8.88. The molecule has 5 nitrogen and oxygen atoms in total. The molecule has 0 saturated heterocycles. The van der Waals surface area contributed by atoms with Crippen LogP contribution in [0.3, 0.4) is 0 Å². The van der Waals surface area contributed by atoms with Crippen LogP contribution in [0.1, 0.15) is 41.5 Å². The second-order valence-electron chi connectivity index (χ2n) is 5.49. The van der Waals surface area contributed by atoms with Gasteiger partial charge in [0.1, 0.15) is 5.69 Å². The molecule has 0 saturated carbocycles. The van der Waals surface area contributed by atoms with Crippen molar-refractivity contribution >= 4 is 11.9 Å². The maximum Gasteiger partial charge on any atom is 0.270 e. The lowest BCUT2D eigenvalue weighted by Crippen LogP contribution is -2.26. The van der Waals surface area contributed by atoms with Crippen LogP contribution < -0.4 is 10.6 Å². The number of aromatic nitrogens is 2. The van der Waals surface area contributed by atoms with Crippen molar-refractivity contribution in [2.75, 3.05) is 18.4 Å². The molecular formula is C18H24N4O. The van der Waals surface area contributed by atoms with Crippen LogP contribution in [-0.2, 0) is 6.42 Å². The minimum absolute atomic E-state index is 0.150. The second-order valence-corrected chi connectivity index (χ2v) is 5.49. The smallest absolute Gasteiger partial charge is 0.270 e. The van der Waals surface area contributed by atoms with E-state index in [0.717, 1.165) is 31.5 Å². The van der Waals surface area contributed by atoms with E-state index in [1.165, 1.54) is 5.56 Å². The predicted molar refractivity (Wildman–Crippen MR) is 92.6 cm³/mol. The van der Waals surface area contributed by atoms with Crippen molar-refractivity contribution in [3.05, 3.63) is 53.3 Å². The third kappa shape index (κ3) is 5.70. The van der Waals surface area contributed by atoms with Gasteiger partial charge in [-0.3, -0.25) is 4.79 Å². The number of hydrogen-bond acceptors (Lipinski definition) is 4. The van der Waals surface area contributed by atoms with Gasteiger partial charge in [-0.25, -0.2) is 9.97 Å². The van der Waals surface area contributed by atoms with Gasteiger partial charge in [0.25, 0.3) is 5.91 Å². The van der Waals surface area contributed by atoms with Crippen LogP contribution >= 0.6 is 0 Å². The summed E-state index contributed by atoms with van der Waals surface area (Å²) in [6.45, 7) is 5.37. The third-order valence-corrected chi connectivity index (χ3v) is 3.39. The number of amides is 1. The van der Waals surface area contributed by atoms with Crippen LogP contribution in [0.5, 0.6) is 0 Å². The van der Waals surface area contributed by atoms with E-state index in [0.29, 0.717) is 18.2 Å². The molecule has 0 unspecified atom stereocenters. The Labute approximate surface area is 137 Å². The van der Waals surface area contributed by atoms with Gasteiger partial charge in [-0.1, -0.05) is 37.3 Å². The highest BCUT2D eigenvalue weighted by Crippen LogP contribution is 2.06. The molecule has 0 fully saturated rings. The zero-order chi connectivity index (χ0) is 16.5. The van der Waals surface area contributed by atoms with Gasteiger partial charge in [0.2, 0.25) is 5.95 Å². The van der Waals surface area contributed by atoms with Crippen LogP contribution in [0, 0.1) is 6.92 Å². The average molecular weight is 312 g/mol. The largest absolute Gasteiger partial charge is 0.354 e. The molecule has 0 aliphatic carbocycles. The van der Waals surface area contributed by atoms with E-state index in [9.17, 15) is 4.79 Å². The fourth-order valence-corrected chi connectivity index (χ4v) is 2.23. The summed E-state index contributed by atoms with van der Waals surface area (Å²) in [5.74, 6) is 0.365. The zero-order valence-corrected chi connectivity index (χ0v) is 13.8. The van der Waals surface area contributed by atoms with E-state index in [-0.39, 0.29) is 5.91 Å². The summed E-state index contributed by atoms with van der Waals surface area (Å²) in [5.41, 5.74) is 2.48. The number of hydrogen-bond donors (Lipinski definition) is 2. The fourth-order valence-electron chi connectivity index (χ4n) is 2.23. The standard InChI is InChI=1S/C18H24N4O/c1-3-11-20-18-21-14(2)13-16(22-18)17(23)19-12-7-10-15-8-5-4-6-9-15/h4-6,8-9,13H,3,7,10-12H2,1-2H3,(H,19,23)(H,20,21,22). The van der Waals surface area contributed by atoms with E-state index >= 15 is 0 Å². The van der Waals surface area contributed by atoms with Crippen LogP contribution in [0.25, 0.3) is 0 Å². The van der Waals surface area contributed by atoms with Gasteiger partial charge in [-0.2, -0.15) is 0 Å². The Kier molecular flexibility index (Phi) is 6.54. The molecule has 1 aromatic carbocycles. The molecule has 0 atom stereocenters. The van der Waals surface area contributed by atoms with Crippen molar-refractivity contribution in [2.24, 2.45) is 0 Å². The van der Waals surface area contributed by atoms with E-state index in [2.05, 4.69) is 39.7 Å². The molecule has 0 aliphatic rings. The molecule has 1 heterocycles. The van der Waals surface area contributed by atoms with Gasteiger partial charge in [-0.05, 0) is 37.8 Å². The lowest BCUT2D eigenvalue weighted by Gasteiger charge is -2.08. The van der Waals surface area contributed by atoms with Crippen molar-refractivity contribution in [1.82, 2.24) is 15.3 Å². The zero-order valence-electron chi connectivity index (χ0n) is 13.8. The van der Waals surface area contributed by atoms with Gasteiger partial charge in [0.05, 0.1) is 0 Å². The predicted octanol–water partition coefficient (Wildman–Crippen LogP) is 2.97. The molecule has 0 aliphatic heterocycles. The van der Waals surface area contributed by atoms with Crippen molar-refractivity contribution in [3.8, 4) is 0 Å². The molecule has 2 aromatic rings. The number of carbonyl (C=O) groups is 1. The molecule has 0 radical (unpaired) electrons. The van der Waals surface area contributed by atoms with Crippen LogP contribution in [0.15, 0.2) is 36.4 Å². The summed E-state index contributed by atoms with van der Waals surface area (Å²) >= 11 is 0. The van der Waals surface area contributed by atoms with Crippen molar-refractivity contribution in [2.45, 2.75) is 33.1 Å². The molecule has 23 heavy (non-hydrogen) atoms. The maximum atomic E-state index is 12.2. The van der Waals surface area contributed by atoms with Gasteiger partial charge in [-0.15, -0.1) is 0 Å². The van der Waals surface area contributed by atoms with E-state index in [1.807, 2.05) is 25.1 Å². The summed E-state index contributed by atoms with van der Waals surface area (Å²) in [5, 5.41) is 6.04. The van der Waals surface area contributed by atoms with E-state index < -0.39 is 0 Å². The summed E-state index contributed by atoms with van der Waals surface area (Å²) in [7, 11) is 0. The highest BCUT2D eigenvalue weighted by atomic mass is 16.1. The molecule has 1 amide bonds. The van der Waals surface area contributed by atoms with Crippen LogP contribution in [0.2, 0.25) is 0 Å². The van der Waals surface area contributed by atoms with Crippen molar-refractivity contribution in [1.29, 1.82) is 0 Å². The van der Waals surface area contributed by atoms with Crippen LogP contribution in [-0.4, -0.2) is 29.0 Å². The maximum absolute atomic E-state index is 12.2. The van der Waals surface area contributed by atoms with Crippen molar-refractivity contribution in [3.63, 3.8) is 0 Å². The van der Waals surface area contributed by atoms with Gasteiger partial charge >= 0.3 is 0 Å². The monoisotopic (exact) mass is 312 g/mol. The molecule has 0 bridgehead atoms. The molecule has 1 aromatic heterocycles. The number of nitrogens with one attached hydrogen (secondary N) is 2. The number of aryl methyl sites for hydroxylation is 2. The Morgan fingerprint density at radius 1 is 1.13 bits per heavy atom. The molecule has 0 spiro atoms. The van der Waals surface area contributed by atoms with Crippen molar-refractivity contribution < 1.29 is 4.79 Å². The first-order valence-electron chi connectivity index (χ1n) is 8.10. The number of benzene rings is 1. The number of carbonyl (C=O) groups excluding carboxylic acids is 1. The number of anilines is 1. The Morgan fingerprint density at radius 3 is 2.65 bits per heavy atom. The molecule has 2 rings (SSSR count). The van der Waals surface area contributed by atoms with E-state index in [1.54, 1.807) is 6.07 Å². The number of rotatable bonds is 8. The summed E-state index contributed by atoms with van der Waals surface area (Å²) in [6, 6.07) is 12.0. The Morgan fingerprint density at radius 2 is 1.91 bits per heavy atom. The molecule has 5 heteroatoms. The highest BCUT2D eigenvalue weighted by Gasteiger charge is 2.09. The molecule has 2 N–H and O–H groups in total. The minimum Gasteiger partial charge on any atom is -0.354 e. The highest BCUT2D eigenvalue weighted by molar-refractivity contribution is 5.92. The van der Waals surface area contributed by atoms with Gasteiger partial charge in [0, 0.05) is 18.8 Å². The Hall–Kier alpha value is -2.43. The van der Waals surface area contributed by atoms with Crippen LogP contribution in [0.4, 0.5) is 5.95 Å². The topological polar surface area (TPSA) is 66.9 Å². The lowest BCUT2D eigenvalue weighted by molar-refractivity contribution is 0.0948. The fraction of sp³-hybridized carbons (Fsp3) is 0.389. The van der Waals surface area contributed by atoms with Gasteiger partial charge in [0.15, 0.2) is 0 Å². The van der Waals surface area contributed by atoms with Gasteiger partial charge < -0.3 is 10.6 Å². The third-order valence-electron chi connectivity index (χ3n) is 3.39. The minimum atomic E-state index is -0.150. The van der Waals surface area contributed by atoms with E-state index in [4.69, 9.17) is 0 Å². The first kappa shape index (κ1) is 16.9. The summed E-state index contributed by atoms with van der Waals surface area (Å²) < 4.78 is 0. The summed E-state index contributed by atoms with van der Waals surface area (Å²) in [4.78, 5) is 20.8.